The van der Waals surface area contributed by atoms with Crippen molar-refractivity contribution in [2.45, 2.75) is 33.1 Å². The lowest BCUT2D eigenvalue weighted by molar-refractivity contribution is -0.118. The molecule has 3 aromatic rings. The minimum atomic E-state index is -0.323. The zero-order chi connectivity index (χ0) is 22.1. The van der Waals surface area contributed by atoms with Crippen molar-refractivity contribution < 1.29 is 18.8 Å². The van der Waals surface area contributed by atoms with Crippen molar-refractivity contribution >= 4 is 17.5 Å². The summed E-state index contributed by atoms with van der Waals surface area (Å²) in [6.07, 6.45) is 2.84. The third kappa shape index (κ3) is 6.40. The number of rotatable bonds is 10. The van der Waals surface area contributed by atoms with E-state index in [0.717, 1.165) is 24.8 Å². The summed E-state index contributed by atoms with van der Waals surface area (Å²) >= 11 is 0. The Morgan fingerprint density at radius 1 is 1.10 bits per heavy atom. The number of aryl methyl sites for hydroxylation is 1. The normalized spacial score (nSPS) is 10.5. The van der Waals surface area contributed by atoms with Crippen LogP contribution in [0.5, 0.6) is 5.75 Å². The maximum absolute atomic E-state index is 12.2. The van der Waals surface area contributed by atoms with E-state index in [0.29, 0.717) is 35.3 Å². The second kappa shape index (κ2) is 10.9. The molecule has 2 aromatic carbocycles. The highest BCUT2D eigenvalue weighted by Crippen LogP contribution is 2.20. The highest BCUT2D eigenvalue weighted by atomic mass is 16.5. The number of anilines is 1. The molecule has 3 rings (SSSR count). The molecule has 0 fully saturated rings. The van der Waals surface area contributed by atoms with Gasteiger partial charge in [-0.25, -0.2) is 0 Å². The largest absolute Gasteiger partial charge is 0.484 e. The number of unbranched alkanes of at least 4 members (excludes halogenated alkanes) is 1. The molecule has 0 saturated heterocycles. The molecule has 0 aliphatic carbocycles. The summed E-state index contributed by atoms with van der Waals surface area (Å²) < 4.78 is 10.8. The molecule has 8 heteroatoms. The SMILES string of the molecule is CCCCc1nc(-c2ccc(OCC(=O)Nc3cccc(C(=O)NCC)c3)cc2)no1. The summed E-state index contributed by atoms with van der Waals surface area (Å²) in [5.41, 5.74) is 1.82. The minimum Gasteiger partial charge on any atom is -0.484 e. The Morgan fingerprint density at radius 3 is 2.65 bits per heavy atom. The van der Waals surface area contributed by atoms with Crippen molar-refractivity contribution in [2.75, 3.05) is 18.5 Å². The molecule has 0 radical (unpaired) electrons. The van der Waals surface area contributed by atoms with E-state index >= 15 is 0 Å². The van der Waals surface area contributed by atoms with Crippen LogP contribution < -0.4 is 15.4 Å². The quantitative estimate of drug-likeness (QED) is 0.514. The number of benzene rings is 2. The van der Waals surface area contributed by atoms with Gasteiger partial charge in [0, 0.05) is 29.8 Å². The van der Waals surface area contributed by atoms with Crippen LogP contribution in [-0.4, -0.2) is 35.1 Å². The molecule has 0 aliphatic heterocycles. The topological polar surface area (TPSA) is 106 Å². The molecule has 31 heavy (non-hydrogen) atoms. The van der Waals surface area contributed by atoms with Crippen LogP contribution in [0.3, 0.4) is 0 Å². The summed E-state index contributed by atoms with van der Waals surface area (Å²) in [6, 6.07) is 13.9. The second-order valence-electron chi connectivity index (χ2n) is 6.92. The molecule has 2 amide bonds. The molecule has 0 atom stereocenters. The van der Waals surface area contributed by atoms with Crippen LogP contribution in [0.15, 0.2) is 53.1 Å². The smallest absolute Gasteiger partial charge is 0.262 e. The monoisotopic (exact) mass is 422 g/mol. The predicted molar refractivity (Wildman–Crippen MR) is 117 cm³/mol. The third-order valence-corrected chi connectivity index (χ3v) is 4.44. The van der Waals surface area contributed by atoms with Gasteiger partial charge in [0.2, 0.25) is 11.7 Å². The van der Waals surface area contributed by atoms with E-state index in [1.165, 1.54) is 0 Å². The summed E-state index contributed by atoms with van der Waals surface area (Å²) in [6.45, 7) is 4.34. The Labute approximate surface area is 181 Å². The summed E-state index contributed by atoms with van der Waals surface area (Å²) in [5, 5.41) is 9.46. The van der Waals surface area contributed by atoms with Gasteiger partial charge in [0.15, 0.2) is 6.61 Å². The van der Waals surface area contributed by atoms with E-state index < -0.39 is 0 Å². The first-order chi connectivity index (χ1) is 15.1. The van der Waals surface area contributed by atoms with Gasteiger partial charge in [0.25, 0.3) is 11.8 Å². The van der Waals surface area contributed by atoms with Crippen molar-refractivity contribution in [3.05, 3.63) is 60.0 Å². The highest BCUT2D eigenvalue weighted by molar-refractivity contribution is 5.97. The lowest BCUT2D eigenvalue weighted by Crippen LogP contribution is -2.23. The van der Waals surface area contributed by atoms with Gasteiger partial charge in [-0.2, -0.15) is 4.98 Å². The van der Waals surface area contributed by atoms with Crippen molar-refractivity contribution in [3.63, 3.8) is 0 Å². The fourth-order valence-electron chi connectivity index (χ4n) is 2.85. The van der Waals surface area contributed by atoms with Crippen molar-refractivity contribution in [1.82, 2.24) is 15.5 Å². The number of hydrogen-bond donors (Lipinski definition) is 2. The number of carbonyl (C=O) groups excluding carboxylic acids is 2. The van der Waals surface area contributed by atoms with Crippen LogP contribution in [-0.2, 0) is 11.2 Å². The van der Waals surface area contributed by atoms with E-state index in [4.69, 9.17) is 9.26 Å². The number of ether oxygens (including phenoxy) is 1. The maximum atomic E-state index is 12.2. The third-order valence-electron chi connectivity index (χ3n) is 4.44. The predicted octanol–water partition coefficient (Wildman–Crippen LogP) is 3.85. The first kappa shape index (κ1) is 22.0. The van der Waals surface area contributed by atoms with Gasteiger partial charge in [0.05, 0.1) is 0 Å². The first-order valence-corrected chi connectivity index (χ1v) is 10.3. The van der Waals surface area contributed by atoms with Gasteiger partial charge in [-0.05, 0) is 55.8 Å². The number of amides is 2. The van der Waals surface area contributed by atoms with Crippen LogP contribution in [0.1, 0.15) is 42.9 Å². The van der Waals surface area contributed by atoms with E-state index in [9.17, 15) is 9.59 Å². The van der Waals surface area contributed by atoms with E-state index in [-0.39, 0.29) is 18.4 Å². The zero-order valence-corrected chi connectivity index (χ0v) is 17.7. The lowest BCUT2D eigenvalue weighted by Gasteiger charge is -2.09. The number of nitrogens with one attached hydrogen (secondary N) is 2. The average Bonchev–Trinajstić information content (AvgIpc) is 3.26. The van der Waals surface area contributed by atoms with Gasteiger partial charge in [-0.3, -0.25) is 9.59 Å². The van der Waals surface area contributed by atoms with Crippen LogP contribution in [0.4, 0.5) is 5.69 Å². The molecule has 0 saturated carbocycles. The van der Waals surface area contributed by atoms with Gasteiger partial charge in [0.1, 0.15) is 5.75 Å². The Morgan fingerprint density at radius 2 is 1.90 bits per heavy atom. The van der Waals surface area contributed by atoms with Crippen LogP contribution in [0.2, 0.25) is 0 Å². The minimum absolute atomic E-state index is 0.159. The molecule has 1 heterocycles. The molecule has 1 aromatic heterocycles. The first-order valence-electron chi connectivity index (χ1n) is 10.3. The number of aromatic nitrogens is 2. The Hall–Kier alpha value is -3.68. The molecule has 0 aliphatic rings. The standard InChI is InChI=1S/C23H26N4O4/c1-3-5-9-21-26-22(27-31-21)16-10-12-19(13-11-16)30-15-20(28)25-18-8-6-7-17(14-18)23(29)24-4-2/h6-8,10-14H,3-5,9,15H2,1-2H3,(H,24,29)(H,25,28). The molecule has 162 valence electrons. The second-order valence-corrected chi connectivity index (χ2v) is 6.92. The molecule has 8 nitrogen and oxygen atoms in total. The van der Waals surface area contributed by atoms with Gasteiger partial charge in [-0.15, -0.1) is 0 Å². The molecule has 0 bridgehead atoms. The molecule has 0 spiro atoms. The van der Waals surface area contributed by atoms with Gasteiger partial charge < -0.3 is 19.9 Å². The van der Waals surface area contributed by atoms with Crippen LogP contribution in [0, 0.1) is 0 Å². The van der Waals surface area contributed by atoms with Gasteiger partial charge in [-0.1, -0.05) is 24.6 Å². The number of nitrogens with zero attached hydrogens (tertiary/aromatic N) is 2. The van der Waals surface area contributed by atoms with Crippen LogP contribution >= 0.6 is 0 Å². The summed E-state index contributed by atoms with van der Waals surface area (Å²) in [4.78, 5) is 28.5. The Bertz CT molecular complexity index is 1010. The lowest BCUT2D eigenvalue weighted by atomic mass is 10.2. The molecule has 0 unspecified atom stereocenters. The van der Waals surface area contributed by atoms with Crippen molar-refractivity contribution in [2.24, 2.45) is 0 Å². The number of hydrogen-bond acceptors (Lipinski definition) is 6. The van der Waals surface area contributed by atoms with Crippen LogP contribution in [0.25, 0.3) is 11.4 Å². The van der Waals surface area contributed by atoms with Gasteiger partial charge >= 0.3 is 0 Å². The highest BCUT2D eigenvalue weighted by Gasteiger charge is 2.10. The number of carbonyl (C=O) groups is 2. The van der Waals surface area contributed by atoms with E-state index in [2.05, 4.69) is 27.7 Å². The average molecular weight is 422 g/mol. The maximum Gasteiger partial charge on any atom is 0.262 e. The molecule has 2 N–H and O–H groups in total. The van der Waals surface area contributed by atoms with Crippen molar-refractivity contribution in [3.8, 4) is 17.1 Å². The fraction of sp³-hybridized carbons (Fsp3) is 0.304. The Kier molecular flexibility index (Phi) is 7.75. The summed E-state index contributed by atoms with van der Waals surface area (Å²) in [7, 11) is 0. The zero-order valence-electron chi connectivity index (χ0n) is 17.7. The Balaban J connectivity index is 1.52. The van der Waals surface area contributed by atoms with E-state index in [1.54, 1.807) is 36.4 Å². The summed E-state index contributed by atoms with van der Waals surface area (Å²) in [5.74, 6) is 1.20. The van der Waals surface area contributed by atoms with E-state index in [1.807, 2.05) is 19.1 Å². The molecular weight excluding hydrogens is 396 g/mol. The fourth-order valence-corrected chi connectivity index (χ4v) is 2.85. The van der Waals surface area contributed by atoms with Crippen molar-refractivity contribution in [1.29, 1.82) is 0 Å². The molecular formula is C23H26N4O4.